The standard InChI is InChI=1S/C19H27NO6/c1-10-24-9-13-17(25-10)15(22)16(23)18(26-13)20-8-11-6-5-7-12(14(11)21)19(2,3)4/h5-8,10,13,15-18,21-23H,9H2,1-4H3/b20-8+/t10-,13-,15-,16-,17-,18-/m1/s1. The number of nitrogens with zero attached hydrogens (tertiary/aromatic N) is 1. The van der Waals surface area contributed by atoms with Crippen LogP contribution in [0.1, 0.15) is 38.8 Å². The summed E-state index contributed by atoms with van der Waals surface area (Å²) in [7, 11) is 0. The first kappa shape index (κ1) is 19.3. The van der Waals surface area contributed by atoms with E-state index in [0.717, 1.165) is 5.56 Å². The number of fused-ring (bicyclic) bond motifs is 1. The molecule has 0 spiro atoms. The maximum atomic E-state index is 10.5. The molecular formula is C19H27NO6. The third-order valence-corrected chi connectivity index (χ3v) is 4.74. The number of rotatable bonds is 2. The highest BCUT2D eigenvalue weighted by Crippen LogP contribution is 2.33. The summed E-state index contributed by atoms with van der Waals surface area (Å²) in [5, 5.41) is 31.2. The number of hydrogen-bond donors (Lipinski definition) is 3. The van der Waals surface area contributed by atoms with Crippen LogP contribution in [0, 0.1) is 0 Å². The number of phenols is 1. The van der Waals surface area contributed by atoms with Gasteiger partial charge in [0.05, 0.1) is 6.61 Å². The van der Waals surface area contributed by atoms with Gasteiger partial charge in [-0.15, -0.1) is 0 Å². The van der Waals surface area contributed by atoms with E-state index in [2.05, 4.69) is 4.99 Å². The molecule has 6 atom stereocenters. The van der Waals surface area contributed by atoms with E-state index in [1.165, 1.54) is 6.21 Å². The van der Waals surface area contributed by atoms with Gasteiger partial charge in [-0.1, -0.05) is 32.9 Å². The van der Waals surface area contributed by atoms with E-state index < -0.39 is 36.9 Å². The van der Waals surface area contributed by atoms with E-state index in [1.807, 2.05) is 32.9 Å². The number of benzene rings is 1. The normalized spacial score (nSPS) is 35.5. The largest absolute Gasteiger partial charge is 0.507 e. The Morgan fingerprint density at radius 3 is 2.58 bits per heavy atom. The molecule has 3 rings (SSSR count). The Kier molecular flexibility index (Phi) is 5.37. The van der Waals surface area contributed by atoms with Gasteiger partial charge in [0, 0.05) is 11.8 Å². The van der Waals surface area contributed by atoms with Crippen molar-refractivity contribution >= 4 is 6.21 Å². The molecule has 0 aromatic heterocycles. The molecule has 0 amide bonds. The zero-order valence-electron chi connectivity index (χ0n) is 15.5. The van der Waals surface area contributed by atoms with Crippen molar-refractivity contribution in [3.05, 3.63) is 29.3 Å². The molecule has 26 heavy (non-hydrogen) atoms. The first-order chi connectivity index (χ1) is 12.2. The van der Waals surface area contributed by atoms with E-state index in [1.54, 1.807) is 13.0 Å². The van der Waals surface area contributed by atoms with E-state index in [0.29, 0.717) is 5.56 Å². The number of aliphatic hydroxyl groups excluding tert-OH is 2. The van der Waals surface area contributed by atoms with Gasteiger partial charge in [-0.25, -0.2) is 0 Å². The second-order valence-corrected chi connectivity index (χ2v) is 7.82. The van der Waals surface area contributed by atoms with Crippen LogP contribution < -0.4 is 0 Å². The van der Waals surface area contributed by atoms with Crippen molar-refractivity contribution < 1.29 is 29.5 Å². The van der Waals surface area contributed by atoms with Gasteiger partial charge in [-0.2, -0.15) is 0 Å². The van der Waals surface area contributed by atoms with Gasteiger partial charge < -0.3 is 29.5 Å². The fourth-order valence-electron chi connectivity index (χ4n) is 3.26. The van der Waals surface area contributed by atoms with Crippen molar-refractivity contribution in [2.45, 2.75) is 70.0 Å². The van der Waals surface area contributed by atoms with Crippen LogP contribution in [0.5, 0.6) is 5.75 Å². The number of aliphatic hydroxyl groups is 2. The predicted molar refractivity (Wildman–Crippen MR) is 95.4 cm³/mol. The Labute approximate surface area is 153 Å². The lowest BCUT2D eigenvalue weighted by atomic mass is 9.85. The summed E-state index contributed by atoms with van der Waals surface area (Å²) in [5.41, 5.74) is 1.11. The summed E-state index contributed by atoms with van der Waals surface area (Å²) >= 11 is 0. The lowest BCUT2D eigenvalue weighted by Crippen LogP contribution is -2.62. The Hall–Kier alpha value is -1.51. The van der Waals surface area contributed by atoms with Gasteiger partial charge in [-0.3, -0.25) is 4.99 Å². The zero-order valence-corrected chi connectivity index (χ0v) is 15.5. The fraction of sp³-hybridized carbons (Fsp3) is 0.632. The number of aromatic hydroxyl groups is 1. The first-order valence-electron chi connectivity index (χ1n) is 8.83. The Morgan fingerprint density at radius 2 is 1.88 bits per heavy atom. The van der Waals surface area contributed by atoms with Gasteiger partial charge in [0.25, 0.3) is 0 Å². The van der Waals surface area contributed by atoms with Crippen LogP contribution in [0.3, 0.4) is 0 Å². The second kappa shape index (κ2) is 7.25. The molecule has 0 saturated carbocycles. The van der Waals surface area contributed by atoms with Crippen LogP contribution in [0.2, 0.25) is 0 Å². The minimum absolute atomic E-state index is 0.144. The first-order valence-corrected chi connectivity index (χ1v) is 8.83. The average Bonchev–Trinajstić information content (AvgIpc) is 2.57. The lowest BCUT2D eigenvalue weighted by molar-refractivity contribution is -0.319. The van der Waals surface area contributed by atoms with Gasteiger partial charge >= 0.3 is 0 Å². The summed E-state index contributed by atoms with van der Waals surface area (Å²) in [6.45, 7) is 8.02. The smallest absolute Gasteiger partial charge is 0.177 e. The fourth-order valence-corrected chi connectivity index (χ4v) is 3.26. The Bertz CT molecular complexity index is 668. The van der Waals surface area contributed by atoms with Crippen molar-refractivity contribution in [1.29, 1.82) is 0 Å². The van der Waals surface area contributed by atoms with Crippen LogP contribution >= 0.6 is 0 Å². The van der Waals surface area contributed by atoms with E-state index in [4.69, 9.17) is 14.2 Å². The molecule has 2 fully saturated rings. The van der Waals surface area contributed by atoms with Crippen molar-refractivity contribution in [2.24, 2.45) is 4.99 Å². The molecule has 0 unspecified atom stereocenters. The minimum Gasteiger partial charge on any atom is -0.507 e. The second-order valence-electron chi connectivity index (χ2n) is 7.82. The molecule has 7 heteroatoms. The van der Waals surface area contributed by atoms with Crippen LogP contribution in [0.4, 0.5) is 0 Å². The van der Waals surface area contributed by atoms with Crippen LogP contribution in [0.25, 0.3) is 0 Å². The molecule has 1 aromatic rings. The Balaban J connectivity index is 1.79. The van der Waals surface area contributed by atoms with E-state index in [9.17, 15) is 15.3 Å². The summed E-state index contributed by atoms with van der Waals surface area (Å²) in [6.07, 6.45) is -3.50. The SMILES string of the molecule is C[C@@H]1OC[C@H]2O[C@@H](/N=C/c3cccc(C(C)(C)C)c3O)[C@H](O)[C@@H](O)[C@@H]2O1. The zero-order chi connectivity index (χ0) is 19.1. The third-order valence-electron chi connectivity index (χ3n) is 4.74. The van der Waals surface area contributed by atoms with Crippen LogP contribution in [0.15, 0.2) is 23.2 Å². The molecule has 7 nitrogen and oxygen atoms in total. The third kappa shape index (κ3) is 3.77. The molecule has 2 aliphatic heterocycles. The summed E-state index contributed by atoms with van der Waals surface area (Å²) in [4.78, 5) is 4.25. The van der Waals surface area contributed by atoms with Gasteiger partial charge in [0.2, 0.25) is 0 Å². The van der Waals surface area contributed by atoms with Crippen molar-refractivity contribution in [3.63, 3.8) is 0 Å². The number of aliphatic imine (C=N–C) groups is 1. The summed E-state index contributed by atoms with van der Waals surface area (Å²) in [6, 6.07) is 5.44. The molecule has 2 saturated heterocycles. The highest BCUT2D eigenvalue weighted by molar-refractivity contribution is 5.84. The van der Waals surface area contributed by atoms with Crippen molar-refractivity contribution in [1.82, 2.24) is 0 Å². The molecule has 3 N–H and O–H groups in total. The molecule has 0 bridgehead atoms. The van der Waals surface area contributed by atoms with E-state index in [-0.39, 0.29) is 17.8 Å². The number of hydrogen-bond acceptors (Lipinski definition) is 7. The average molecular weight is 365 g/mol. The maximum Gasteiger partial charge on any atom is 0.177 e. The highest BCUT2D eigenvalue weighted by Gasteiger charge is 2.47. The molecular weight excluding hydrogens is 338 g/mol. The molecule has 2 aliphatic rings. The van der Waals surface area contributed by atoms with Crippen LogP contribution in [-0.4, -0.2) is 65.1 Å². The van der Waals surface area contributed by atoms with Crippen LogP contribution in [-0.2, 0) is 19.6 Å². The molecule has 0 aliphatic carbocycles. The summed E-state index contributed by atoms with van der Waals surface area (Å²) in [5.74, 6) is 0.144. The minimum atomic E-state index is -1.23. The van der Waals surface area contributed by atoms with Crippen molar-refractivity contribution in [2.75, 3.05) is 6.61 Å². The molecule has 144 valence electrons. The highest BCUT2D eigenvalue weighted by atomic mass is 16.7. The monoisotopic (exact) mass is 365 g/mol. The Morgan fingerprint density at radius 1 is 1.15 bits per heavy atom. The summed E-state index contributed by atoms with van der Waals surface area (Å²) < 4.78 is 16.6. The van der Waals surface area contributed by atoms with Gasteiger partial charge in [-0.05, 0) is 24.0 Å². The molecule has 1 aromatic carbocycles. The number of para-hydroxylation sites is 1. The van der Waals surface area contributed by atoms with E-state index >= 15 is 0 Å². The maximum absolute atomic E-state index is 10.5. The predicted octanol–water partition coefficient (Wildman–Crippen LogP) is 1.32. The van der Waals surface area contributed by atoms with Crippen molar-refractivity contribution in [3.8, 4) is 5.75 Å². The van der Waals surface area contributed by atoms with Gasteiger partial charge in [0.1, 0.15) is 30.2 Å². The molecule has 2 heterocycles. The number of phenolic OH excluding ortho intramolecular Hbond substituents is 1. The van der Waals surface area contributed by atoms with Gasteiger partial charge in [0.15, 0.2) is 12.5 Å². The molecule has 0 radical (unpaired) electrons. The number of ether oxygens (including phenoxy) is 3. The quantitative estimate of drug-likeness (QED) is 0.684. The lowest BCUT2D eigenvalue weighted by Gasteiger charge is -2.44. The topological polar surface area (TPSA) is 101 Å².